The maximum Gasteiger partial charge on any atom is 0.242 e. The van der Waals surface area contributed by atoms with Gasteiger partial charge in [0.2, 0.25) is 11.8 Å². The molecule has 2 amide bonds. The normalized spacial score (nSPS) is 24.2. The molecule has 2 aliphatic rings. The largest absolute Gasteiger partial charge is 0.354 e. The van der Waals surface area contributed by atoms with Crippen molar-refractivity contribution in [2.45, 2.75) is 62.9 Å². The first-order valence-corrected chi connectivity index (χ1v) is 11.9. The lowest BCUT2D eigenvalue weighted by Gasteiger charge is -2.29. The van der Waals surface area contributed by atoms with Gasteiger partial charge in [-0.3, -0.25) is 14.6 Å². The predicted octanol–water partition coefficient (Wildman–Crippen LogP) is 3.23. The van der Waals surface area contributed by atoms with Crippen molar-refractivity contribution >= 4 is 11.8 Å². The van der Waals surface area contributed by atoms with Crippen molar-refractivity contribution in [3.63, 3.8) is 0 Å². The van der Waals surface area contributed by atoms with Gasteiger partial charge in [0.05, 0.1) is 0 Å². The fourth-order valence-corrected chi connectivity index (χ4v) is 5.09. The van der Waals surface area contributed by atoms with Gasteiger partial charge in [-0.1, -0.05) is 30.3 Å². The highest BCUT2D eigenvalue weighted by Crippen LogP contribution is 2.30. The maximum atomic E-state index is 13.4. The van der Waals surface area contributed by atoms with E-state index >= 15 is 0 Å². The number of hydrogen-bond donors (Lipinski definition) is 2. The first-order chi connectivity index (χ1) is 15.6. The SMILES string of the molecule is NC1CCC(CNC(=O)[C@@H]2CCCN2C(=O)C[C@@H](c2ccccc2)c2ccncc2)CC1. The number of likely N-dealkylation sites (tertiary alicyclic amines) is 1. The van der Waals surface area contributed by atoms with Crippen LogP contribution in [-0.4, -0.2) is 46.9 Å². The Labute approximate surface area is 190 Å². The molecule has 2 aromatic rings. The zero-order valence-corrected chi connectivity index (χ0v) is 18.7. The monoisotopic (exact) mass is 434 g/mol. The van der Waals surface area contributed by atoms with Crippen LogP contribution in [0.2, 0.25) is 0 Å². The van der Waals surface area contributed by atoms with Crippen LogP contribution in [-0.2, 0) is 9.59 Å². The fourth-order valence-electron chi connectivity index (χ4n) is 5.09. The van der Waals surface area contributed by atoms with Crippen LogP contribution in [0.4, 0.5) is 0 Å². The highest BCUT2D eigenvalue weighted by Gasteiger charge is 2.35. The van der Waals surface area contributed by atoms with Crippen molar-refractivity contribution < 1.29 is 9.59 Å². The number of aromatic nitrogens is 1. The second-order valence-electron chi connectivity index (χ2n) is 9.22. The van der Waals surface area contributed by atoms with E-state index in [0.29, 0.717) is 31.5 Å². The maximum absolute atomic E-state index is 13.4. The molecule has 0 bridgehead atoms. The highest BCUT2D eigenvalue weighted by atomic mass is 16.2. The number of hydrogen-bond acceptors (Lipinski definition) is 4. The van der Waals surface area contributed by atoms with Crippen LogP contribution in [0.5, 0.6) is 0 Å². The minimum Gasteiger partial charge on any atom is -0.354 e. The summed E-state index contributed by atoms with van der Waals surface area (Å²) in [6.45, 7) is 1.33. The summed E-state index contributed by atoms with van der Waals surface area (Å²) in [6.07, 6.45) is 9.68. The minimum atomic E-state index is -0.359. The smallest absolute Gasteiger partial charge is 0.242 e. The van der Waals surface area contributed by atoms with Crippen LogP contribution < -0.4 is 11.1 Å². The molecule has 1 saturated carbocycles. The predicted molar refractivity (Wildman–Crippen MR) is 125 cm³/mol. The van der Waals surface area contributed by atoms with Crippen LogP contribution in [0.1, 0.15) is 62.0 Å². The van der Waals surface area contributed by atoms with E-state index in [1.54, 1.807) is 17.3 Å². The van der Waals surface area contributed by atoms with E-state index in [4.69, 9.17) is 5.73 Å². The van der Waals surface area contributed by atoms with E-state index in [9.17, 15) is 9.59 Å². The van der Waals surface area contributed by atoms with Gasteiger partial charge in [-0.15, -0.1) is 0 Å². The van der Waals surface area contributed by atoms with Crippen LogP contribution >= 0.6 is 0 Å². The molecular formula is C26H34N4O2. The molecule has 2 fully saturated rings. The Morgan fingerprint density at radius 1 is 1.00 bits per heavy atom. The van der Waals surface area contributed by atoms with E-state index in [-0.39, 0.29) is 23.8 Å². The van der Waals surface area contributed by atoms with E-state index in [2.05, 4.69) is 22.4 Å². The van der Waals surface area contributed by atoms with Gasteiger partial charge in [0.1, 0.15) is 6.04 Å². The summed E-state index contributed by atoms with van der Waals surface area (Å²) in [5.41, 5.74) is 8.16. The molecule has 170 valence electrons. The van der Waals surface area contributed by atoms with Gasteiger partial charge < -0.3 is 16.0 Å². The first kappa shape index (κ1) is 22.5. The molecular weight excluding hydrogens is 400 g/mol. The third-order valence-corrected chi connectivity index (χ3v) is 7.02. The number of nitrogens with one attached hydrogen (secondary N) is 1. The summed E-state index contributed by atoms with van der Waals surface area (Å²) in [7, 11) is 0. The molecule has 4 rings (SSSR count). The van der Waals surface area contributed by atoms with Crippen LogP contribution in [0.15, 0.2) is 54.9 Å². The summed E-state index contributed by atoms with van der Waals surface area (Å²) in [5.74, 6) is 0.476. The van der Waals surface area contributed by atoms with E-state index in [0.717, 1.165) is 49.7 Å². The Kier molecular flexibility index (Phi) is 7.53. The summed E-state index contributed by atoms with van der Waals surface area (Å²) in [5, 5.41) is 3.13. The lowest BCUT2D eigenvalue weighted by atomic mass is 9.86. The van der Waals surface area contributed by atoms with Gasteiger partial charge in [0, 0.05) is 43.9 Å². The van der Waals surface area contributed by atoms with Crippen molar-refractivity contribution in [3.8, 4) is 0 Å². The zero-order valence-electron chi connectivity index (χ0n) is 18.7. The number of nitrogens with zero attached hydrogens (tertiary/aromatic N) is 2. The van der Waals surface area contributed by atoms with Crippen molar-refractivity contribution in [3.05, 3.63) is 66.0 Å². The number of amides is 2. The second kappa shape index (κ2) is 10.7. The first-order valence-electron chi connectivity index (χ1n) is 11.9. The molecule has 1 aromatic carbocycles. The van der Waals surface area contributed by atoms with Crippen molar-refractivity contribution in [1.82, 2.24) is 15.2 Å². The Morgan fingerprint density at radius 2 is 1.69 bits per heavy atom. The van der Waals surface area contributed by atoms with Gasteiger partial charge in [-0.2, -0.15) is 0 Å². The Morgan fingerprint density at radius 3 is 2.41 bits per heavy atom. The van der Waals surface area contributed by atoms with Crippen LogP contribution in [0.3, 0.4) is 0 Å². The van der Waals surface area contributed by atoms with Gasteiger partial charge in [-0.25, -0.2) is 0 Å². The number of pyridine rings is 1. The standard InChI is InChI=1S/C26H34N4O2/c27-22-10-8-19(9-11-22)18-29-26(32)24-7-4-16-30(24)25(31)17-23(20-5-2-1-3-6-20)21-12-14-28-15-13-21/h1-3,5-6,12-15,19,22-24H,4,7-11,16-18,27H2,(H,29,32)/t19?,22?,23-,24-/m0/s1. The Hall–Kier alpha value is -2.73. The molecule has 1 aliphatic heterocycles. The molecule has 0 spiro atoms. The number of carbonyl (C=O) groups is 2. The molecule has 0 radical (unpaired) electrons. The summed E-state index contributed by atoms with van der Waals surface area (Å²) in [6, 6.07) is 14.0. The van der Waals surface area contributed by atoms with E-state index < -0.39 is 0 Å². The Balaban J connectivity index is 1.40. The summed E-state index contributed by atoms with van der Waals surface area (Å²) < 4.78 is 0. The molecule has 6 nitrogen and oxygen atoms in total. The average molecular weight is 435 g/mol. The minimum absolute atomic E-state index is 0.00843. The summed E-state index contributed by atoms with van der Waals surface area (Å²) in [4.78, 5) is 32.2. The lowest BCUT2D eigenvalue weighted by molar-refractivity contribution is -0.138. The number of nitrogens with two attached hydrogens (primary N) is 1. The fraction of sp³-hybridized carbons (Fsp3) is 0.500. The third kappa shape index (κ3) is 5.54. The van der Waals surface area contributed by atoms with E-state index in [1.165, 1.54) is 0 Å². The van der Waals surface area contributed by atoms with Crippen molar-refractivity contribution in [2.24, 2.45) is 11.7 Å². The van der Waals surface area contributed by atoms with Crippen molar-refractivity contribution in [2.75, 3.05) is 13.1 Å². The molecule has 3 N–H and O–H groups in total. The molecule has 1 saturated heterocycles. The quantitative estimate of drug-likeness (QED) is 0.700. The topological polar surface area (TPSA) is 88.3 Å². The van der Waals surface area contributed by atoms with Gasteiger partial charge >= 0.3 is 0 Å². The molecule has 1 aromatic heterocycles. The van der Waals surface area contributed by atoms with Gasteiger partial charge in [0.25, 0.3) is 0 Å². The second-order valence-corrected chi connectivity index (χ2v) is 9.22. The lowest BCUT2D eigenvalue weighted by Crippen LogP contribution is -2.47. The number of carbonyl (C=O) groups excluding carboxylic acids is 2. The van der Waals surface area contributed by atoms with Gasteiger partial charge in [-0.05, 0) is 67.7 Å². The molecule has 1 aliphatic carbocycles. The molecule has 0 unspecified atom stereocenters. The van der Waals surface area contributed by atoms with Crippen LogP contribution in [0, 0.1) is 5.92 Å². The van der Waals surface area contributed by atoms with Gasteiger partial charge in [0.15, 0.2) is 0 Å². The number of benzene rings is 1. The van der Waals surface area contributed by atoms with E-state index in [1.807, 2.05) is 30.3 Å². The Bertz CT molecular complexity index is 842. The highest BCUT2D eigenvalue weighted by molar-refractivity contribution is 5.88. The average Bonchev–Trinajstić information content (AvgIpc) is 3.33. The molecule has 6 heteroatoms. The van der Waals surface area contributed by atoms with Crippen molar-refractivity contribution in [1.29, 1.82) is 0 Å². The summed E-state index contributed by atoms with van der Waals surface area (Å²) >= 11 is 0. The number of rotatable bonds is 7. The van der Waals surface area contributed by atoms with Crippen LogP contribution in [0.25, 0.3) is 0 Å². The molecule has 2 atom stereocenters. The molecule has 32 heavy (non-hydrogen) atoms. The third-order valence-electron chi connectivity index (χ3n) is 7.02. The zero-order chi connectivity index (χ0) is 22.3. The molecule has 2 heterocycles.